The molecule has 3 heteroatoms. The van der Waals surface area contributed by atoms with Crippen LogP contribution in [-0.4, -0.2) is 16.1 Å². The van der Waals surface area contributed by atoms with Gasteiger partial charge in [-0.05, 0) is 6.92 Å². The third-order valence-corrected chi connectivity index (χ3v) is 1.94. The number of aromatic nitrogens is 2. The van der Waals surface area contributed by atoms with E-state index in [9.17, 15) is 0 Å². The SMILES string of the molecule is CCn1cncc1C(C)CN. The second-order valence-corrected chi connectivity index (χ2v) is 2.74. The summed E-state index contributed by atoms with van der Waals surface area (Å²) in [6, 6.07) is 0. The fraction of sp³-hybridized carbons (Fsp3) is 0.625. The van der Waals surface area contributed by atoms with Gasteiger partial charge in [-0.2, -0.15) is 0 Å². The fourth-order valence-corrected chi connectivity index (χ4v) is 1.13. The van der Waals surface area contributed by atoms with Gasteiger partial charge in [0.2, 0.25) is 0 Å². The molecule has 1 unspecified atom stereocenters. The standard InChI is InChI=1S/C8H15N3/c1-3-11-6-10-5-8(11)7(2)4-9/h5-7H,3-4,9H2,1-2H3. The molecular formula is C8H15N3. The summed E-state index contributed by atoms with van der Waals surface area (Å²) in [4.78, 5) is 4.07. The first kappa shape index (κ1) is 8.27. The largest absolute Gasteiger partial charge is 0.335 e. The van der Waals surface area contributed by atoms with E-state index in [0.29, 0.717) is 12.5 Å². The molecule has 3 nitrogen and oxygen atoms in total. The minimum atomic E-state index is 0.414. The highest BCUT2D eigenvalue weighted by Gasteiger charge is 2.06. The van der Waals surface area contributed by atoms with Crippen molar-refractivity contribution in [3.8, 4) is 0 Å². The maximum Gasteiger partial charge on any atom is 0.0948 e. The first-order chi connectivity index (χ1) is 5.29. The summed E-state index contributed by atoms with van der Waals surface area (Å²) < 4.78 is 2.12. The van der Waals surface area contributed by atoms with Crippen molar-refractivity contribution in [3.05, 3.63) is 18.2 Å². The van der Waals surface area contributed by atoms with E-state index in [-0.39, 0.29) is 0 Å². The number of nitrogens with two attached hydrogens (primary N) is 1. The highest BCUT2D eigenvalue weighted by molar-refractivity contribution is 5.05. The van der Waals surface area contributed by atoms with Crippen molar-refractivity contribution in [2.24, 2.45) is 5.73 Å². The van der Waals surface area contributed by atoms with Crippen LogP contribution >= 0.6 is 0 Å². The van der Waals surface area contributed by atoms with Crippen molar-refractivity contribution >= 4 is 0 Å². The van der Waals surface area contributed by atoms with Crippen molar-refractivity contribution in [1.82, 2.24) is 9.55 Å². The third-order valence-electron chi connectivity index (χ3n) is 1.94. The lowest BCUT2D eigenvalue weighted by molar-refractivity contribution is 0.646. The summed E-state index contributed by atoms with van der Waals surface area (Å²) in [5, 5.41) is 0. The minimum absolute atomic E-state index is 0.414. The molecular weight excluding hydrogens is 138 g/mol. The predicted octanol–water partition coefficient (Wildman–Crippen LogP) is 0.965. The third kappa shape index (κ3) is 1.60. The molecule has 0 saturated carbocycles. The smallest absolute Gasteiger partial charge is 0.0948 e. The van der Waals surface area contributed by atoms with Crippen molar-refractivity contribution < 1.29 is 0 Å². The Hall–Kier alpha value is -0.830. The lowest BCUT2D eigenvalue weighted by Gasteiger charge is -2.10. The molecule has 0 aromatic carbocycles. The van der Waals surface area contributed by atoms with Crippen LogP contribution in [0.25, 0.3) is 0 Å². The zero-order valence-electron chi connectivity index (χ0n) is 7.12. The second kappa shape index (κ2) is 3.53. The van der Waals surface area contributed by atoms with Crippen molar-refractivity contribution in [3.63, 3.8) is 0 Å². The van der Waals surface area contributed by atoms with Crippen LogP contribution in [0.3, 0.4) is 0 Å². The molecule has 0 fully saturated rings. The van der Waals surface area contributed by atoms with Gasteiger partial charge >= 0.3 is 0 Å². The van der Waals surface area contributed by atoms with Crippen LogP contribution in [0.2, 0.25) is 0 Å². The van der Waals surface area contributed by atoms with Gasteiger partial charge in [0.1, 0.15) is 0 Å². The van der Waals surface area contributed by atoms with E-state index in [0.717, 1.165) is 6.54 Å². The van der Waals surface area contributed by atoms with Crippen molar-refractivity contribution in [1.29, 1.82) is 0 Å². The Morgan fingerprint density at radius 2 is 2.45 bits per heavy atom. The van der Waals surface area contributed by atoms with E-state index >= 15 is 0 Å². The summed E-state index contributed by atoms with van der Waals surface area (Å²) in [6.45, 7) is 5.88. The number of hydrogen-bond acceptors (Lipinski definition) is 2. The lowest BCUT2D eigenvalue weighted by atomic mass is 10.1. The summed E-state index contributed by atoms with van der Waals surface area (Å²) in [6.07, 6.45) is 3.74. The second-order valence-electron chi connectivity index (χ2n) is 2.74. The van der Waals surface area contributed by atoms with Crippen LogP contribution in [0.5, 0.6) is 0 Å². The van der Waals surface area contributed by atoms with Gasteiger partial charge in [0.05, 0.1) is 6.33 Å². The fourth-order valence-electron chi connectivity index (χ4n) is 1.13. The number of rotatable bonds is 3. The molecule has 1 aromatic heterocycles. The topological polar surface area (TPSA) is 43.8 Å². The maximum absolute atomic E-state index is 5.55. The molecule has 2 N–H and O–H groups in total. The van der Waals surface area contributed by atoms with Gasteiger partial charge in [0, 0.05) is 30.9 Å². The van der Waals surface area contributed by atoms with E-state index in [1.165, 1.54) is 5.69 Å². The average molecular weight is 153 g/mol. The van der Waals surface area contributed by atoms with E-state index in [1.54, 1.807) is 0 Å². The zero-order chi connectivity index (χ0) is 8.27. The van der Waals surface area contributed by atoms with Crippen LogP contribution in [0.1, 0.15) is 25.5 Å². The predicted molar refractivity (Wildman–Crippen MR) is 45.4 cm³/mol. The minimum Gasteiger partial charge on any atom is -0.335 e. The molecule has 1 aromatic rings. The molecule has 0 radical (unpaired) electrons. The molecule has 0 aliphatic rings. The molecule has 1 heterocycles. The molecule has 11 heavy (non-hydrogen) atoms. The molecule has 0 aliphatic carbocycles. The van der Waals surface area contributed by atoms with Gasteiger partial charge in [0.25, 0.3) is 0 Å². The van der Waals surface area contributed by atoms with Gasteiger partial charge in [-0.15, -0.1) is 0 Å². The summed E-state index contributed by atoms with van der Waals surface area (Å²) in [5.74, 6) is 0.414. The molecule has 0 aliphatic heterocycles. The van der Waals surface area contributed by atoms with E-state index in [1.807, 2.05) is 12.5 Å². The van der Waals surface area contributed by atoms with Gasteiger partial charge in [0.15, 0.2) is 0 Å². The highest BCUT2D eigenvalue weighted by Crippen LogP contribution is 2.12. The van der Waals surface area contributed by atoms with Crippen LogP contribution in [-0.2, 0) is 6.54 Å². The summed E-state index contributed by atoms with van der Waals surface area (Å²) in [7, 11) is 0. The normalized spacial score (nSPS) is 13.4. The Balaban J connectivity index is 2.83. The van der Waals surface area contributed by atoms with Gasteiger partial charge < -0.3 is 10.3 Å². The summed E-state index contributed by atoms with van der Waals surface area (Å²) >= 11 is 0. The molecule has 62 valence electrons. The number of nitrogens with zero attached hydrogens (tertiary/aromatic N) is 2. The Morgan fingerprint density at radius 3 is 3.00 bits per heavy atom. The first-order valence-corrected chi connectivity index (χ1v) is 3.99. The number of hydrogen-bond donors (Lipinski definition) is 1. The van der Waals surface area contributed by atoms with Gasteiger partial charge in [-0.25, -0.2) is 4.98 Å². The molecule has 0 saturated heterocycles. The molecule has 1 rings (SSSR count). The summed E-state index contributed by atoms with van der Waals surface area (Å²) in [5.41, 5.74) is 6.78. The van der Waals surface area contributed by atoms with Gasteiger partial charge in [-0.1, -0.05) is 6.92 Å². The average Bonchev–Trinajstić information content (AvgIpc) is 2.50. The van der Waals surface area contributed by atoms with E-state index in [2.05, 4.69) is 23.4 Å². The maximum atomic E-state index is 5.55. The van der Waals surface area contributed by atoms with Crippen molar-refractivity contribution in [2.75, 3.05) is 6.54 Å². The Morgan fingerprint density at radius 1 is 1.73 bits per heavy atom. The molecule has 1 atom stereocenters. The van der Waals surface area contributed by atoms with E-state index < -0.39 is 0 Å². The molecule has 0 spiro atoms. The van der Waals surface area contributed by atoms with Crippen LogP contribution in [0.15, 0.2) is 12.5 Å². The van der Waals surface area contributed by atoms with Crippen LogP contribution in [0, 0.1) is 0 Å². The first-order valence-electron chi connectivity index (χ1n) is 3.99. The molecule has 0 amide bonds. The molecule has 0 bridgehead atoms. The quantitative estimate of drug-likeness (QED) is 0.703. The number of aryl methyl sites for hydroxylation is 1. The lowest BCUT2D eigenvalue weighted by Crippen LogP contribution is -2.12. The Labute approximate surface area is 67.2 Å². The van der Waals surface area contributed by atoms with Crippen LogP contribution < -0.4 is 5.73 Å². The van der Waals surface area contributed by atoms with Gasteiger partial charge in [-0.3, -0.25) is 0 Å². The Kier molecular flexibility index (Phi) is 2.65. The van der Waals surface area contributed by atoms with Crippen LogP contribution in [0.4, 0.5) is 0 Å². The Bertz CT molecular complexity index is 217. The highest BCUT2D eigenvalue weighted by atomic mass is 15.0. The monoisotopic (exact) mass is 153 g/mol. The number of imidazole rings is 1. The zero-order valence-corrected chi connectivity index (χ0v) is 7.12. The van der Waals surface area contributed by atoms with E-state index in [4.69, 9.17) is 5.73 Å². The van der Waals surface area contributed by atoms with Crippen molar-refractivity contribution in [2.45, 2.75) is 26.3 Å².